The normalized spacial score (nSPS) is 23.4. The number of ether oxygens (including phenoxy) is 1. The van der Waals surface area contributed by atoms with Crippen molar-refractivity contribution in [3.8, 4) is 0 Å². The number of aromatic carboxylic acids is 1. The van der Waals surface area contributed by atoms with E-state index in [-0.39, 0.29) is 34.4 Å². The van der Waals surface area contributed by atoms with Crippen LogP contribution in [0.25, 0.3) is 0 Å². The Bertz CT molecular complexity index is 1580. The van der Waals surface area contributed by atoms with E-state index in [1.807, 2.05) is 6.07 Å². The molecule has 2 aliphatic heterocycles. The molecule has 2 aliphatic rings. The highest BCUT2D eigenvalue weighted by Gasteiger charge is 2.69. The maximum atomic E-state index is 14.2. The second kappa shape index (κ2) is 10.9. The van der Waals surface area contributed by atoms with Crippen LogP contribution in [0.4, 0.5) is 11.4 Å². The molecule has 2 saturated heterocycles. The fraction of sp³-hybridized carbons (Fsp3) is 0.241. The number of rotatable bonds is 8. The summed E-state index contributed by atoms with van der Waals surface area (Å²) in [6.45, 7) is 1.65. The number of carboxylic acids is 1. The maximum absolute atomic E-state index is 14.2. The van der Waals surface area contributed by atoms with Gasteiger partial charge in [-0.15, -0.1) is 0 Å². The molecule has 0 aliphatic carbocycles. The van der Waals surface area contributed by atoms with Crippen molar-refractivity contribution in [2.45, 2.75) is 24.9 Å². The van der Waals surface area contributed by atoms with Crippen LogP contribution in [0.15, 0.2) is 77.3 Å². The van der Waals surface area contributed by atoms with Gasteiger partial charge in [0, 0.05) is 29.1 Å². The third-order valence-corrected chi connectivity index (χ3v) is 8.16. The molecule has 3 aromatic carbocycles. The van der Waals surface area contributed by atoms with E-state index >= 15 is 0 Å². The second-order valence-electron chi connectivity index (χ2n) is 9.81. The van der Waals surface area contributed by atoms with Crippen LogP contribution in [0.3, 0.4) is 0 Å². The number of benzene rings is 3. The number of non-ortho nitro benzene ring substituents is 1. The number of fused-ring (bicyclic) bond motifs is 1. The molecule has 0 bridgehead atoms. The summed E-state index contributed by atoms with van der Waals surface area (Å²) >= 11 is 3.20. The van der Waals surface area contributed by atoms with E-state index in [0.29, 0.717) is 11.1 Å². The van der Waals surface area contributed by atoms with Gasteiger partial charge in [-0.1, -0.05) is 42.5 Å². The lowest BCUT2D eigenvalue weighted by Gasteiger charge is -2.33. The smallest absolute Gasteiger partial charge is 0.336 e. The Morgan fingerprint density at radius 3 is 2.44 bits per heavy atom. The summed E-state index contributed by atoms with van der Waals surface area (Å²) < 4.78 is 5.64. The van der Waals surface area contributed by atoms with E-state index in [0.717, 1.165) is 4.90 Å². The molecule has 0 radical (unpaired) electrons. The highest BCUT2D eigenvalue weighted by atomic mass is 79.9. The Labute approximate surface area is 242 Å². The van der Waals surface area contributed by atoms with E-state index in [9.17, 15) is 34.4 Å². The molecule has 12 heteroatoms. The quantitative estimate of drug-likeness (QED) is 0.164. The van der Waals surface area contributed by atoms with Crippen LogP contribution in [0.2, 0.25) is 0 Å². The number of hydrogen-bond acceptors (Lipinski definition) is 8. The first-order valence-corrected chi connectivity index (χ1v) is 13.5. The lowest BCUT2D eigenvalue weighted by molar-refractivity contribution is -0.384. The Morgan fingerprint density at radius 2 is 1.80 bits per heavy atom. The van der Waals surface area contributed by atoms with Gasteiger partial charge < -0.3 is 9.84 Å². The number of esters is 1. The van der Waals surface area contributed by atoms with Gasteiger partial charge in [-0.05, 0) is 52.2 Å². The molecule has 11 nitrogen and oxygen atoms in total. The summed E-state index contributed by atoms with van der Waals surface area (Å²) in [5.41, 5.74) is -0.760. The molecule has 210 valence electrons. The van der Waals surface area contributed by atoms with Crippen LogP contribution in [0, 0.1) is 22.0 Å². The fourth-order valence-corrected chi connectivity index (χ4v) is 6.33. The Kier molecular flexibility index (Phi) is 7.45. The van der Waals surface area contributed by atoms with Crippen LogP contribution in [-0.4, -0.2) is 45.9 Å². The molecular weight excluding hydrogens is 598 g/mol. The second-order valence-corrected chi connectivity index (χ2v) is 10.7. The number of carbonyl (C=O) groups excluding carboxylic acids is 3. The Morgan fingerprint density at radius 1 is 1.07 bits per heavy atom. The molecule has 0 unspecified atom stereocenters. The molecular formula is C29H24BrN3O8. The molecule has 0 spiro atoms. The first-order valence-electron chi connectivity index (χ1n) is 12.7. The van der Waals surface area contributed by atoms with Gasteiger partial charge in [0.1, 0.15) is 5.54 Å². The number of carboxylic acid groups (broad SMARTS) is 1. The summed E-state index contributed by atoms with van der Waals surface area (Å²) in [7, 11) is 0. The summed E-state index contributed by atoms with van der Waals surface area (Å²) in [5.74, 6) is -5.56. The lowest BCUT2D eigenvalue weighted by Crippen LogP contribution is -2.58. The van der Waals surface area contributed by atoms with E-state index < -0.39 is 52.1 Å². The highest BCUT2D eigenvalue weighted by molar-refractivity contribution is 9.10. The monoisotopic (exact) mass is 621 g/mol. The van der Waals surface area contributed by atoms with Gasteiger partial charge in [0.2, 0.25) is 11.8 Å². The number of hydrogen-bond donors (Lipinski definition) is 2. The van der Waals surface area contributed by atoms with E-state index in [2.05, 4.69) is 21.2 Å². The molecule has 3 aromatic rings. The van der Waals surface area contributed by atoms with Gasteiger partial charge in [0.25, 0.3) is 5.69 Å². The predicted molar refractivity (Wildman–Crippen MR) is 149 cm³/mol. The average molecular weight is 622 g/mol. The van der Waals surface area contributed by atoms with Gasteiger partial charge in [-0.2, -0.15) is 0 Å². The van der Waals surface area contributed by atoms with Crippen LogP contribution in [0.1, 0.15) is 34.5 Å². The number of nitro benzene ring substituents is 1. The average Bonchev–Trinajstić information content (AvgIpc) is 3.42. The van der Waals surface area contributed by atoms with Crippen molar-refractivity contribution in [1.82, 2.24) is 5.32 Å². The summed E-state index contributed by atoms with van der Waals surface area (Å²) in [6.07, 6.45) is 0.00771. The van der Waals surface area contributed by atoms with Crippen LogP contribution < -0.4 is 10.2 Å². The predicted octanol–water partition coefficient (Wildman–Crippen LogP) is 4.05. The minimum atomic E-state index is -1.68. The van der Waals surface area contributed by atoms with Crippen molar-refractivity contribution < 1.29 is 33.9 Å². The number of nitro groups is 1. The van der Waals surface area contributed by atoms with Crippen LogP contribution in [-0.2, 0) is 25.5 Å². The third kappa shape index (κ3) is 4.78. The minimum absolute atomic E-state index is 0.00771. The zero-order valence-corrected chi connectivity index (χ0v) is 23.2. The van der Waals surface area contributed by atoms with E-state index in [1.54, 1.807) is 37.3 Å². The molecule has 5 rings (SSSR count). The summed E-state index contributed by atoms with van der Waals surface area (Å²) in [6, 6.07) is 17.7. The largest absolute Gasteiger partial charge is 0.478 e. The SMILES string of the molecule is CCOC(=O)[C@@]1(Cc2ccccc2)N[C@@H](c2cccc([N+](=O)[O-])c2)[C@H]2C(=O)N(c3ccc(C(=O)O)c(Br)c3)C(=O)[C@H]21. The van der Waals surface area contributed by atoms with E-state index in [1.165, 1.54) is 36.4 Å². The summed E-state index contributed by atoms with van der Waals surface area (Å²) in [5, 5.41) is 24.2. The topological polar surface area (TPSA) is 156 Å². The number of halogens is 1. The maximum Gasteiger partial charge on any atom is 0.336 e. The molecule has 0 saturated carbocycles. The number of nitrogens with zero attached hydrogens (tertiary/aromatic N) is 2. The van der Waals surface area contributed by atoms with Crippen molar-refractivity contribution in [1.29, 1.82) is 0 Å². The van der Waals surface area contributed by atoms with Crippen LogP contribution in [0.5, 0.6) is 0 Å². The summed E-state index contributed by atoms with van der Waals surface area (Å²) in [4.78, 5) is 65.6. The molecule has 41 heavy (non-hydrogen) atoms. The number of anilines is 1. The third-order valence-electron chi connectivity index (χ3n) is 7.50. The fourth-order valence-electron chi connectivity index (χ4n) is 5.79. The van der Waals surface area contributed by atoms with Gasteiger partial charge in [0.05, 0.1) is 34.6 Å². The van der Waals surface area contributed by atoms with Gasteiger partial charge in [-0.3, -0.25) is 29.8 Å². The molecule has 4 atom stereocenters. The van der Waals surface area contributed by atoms with Crippen molar-refractivity contribution in [2.24, 2.45) is 11.8 Å². The van der Waals surface area contributed by atoms with E-state index in [4.69, 9.17) is 4.74 Å². The van der Waals surface area contributed by atoms with Gasteiger partial charge in [0.15, 0.2) is 0 Å². The van der Waals surface area contributed by atoms with Crippen molar-refractivity contribution in [3.63, 3.8) is 0 Å². The first kappa shape index (κ1) is 28.1. The van der Waals surface area contributed by atoms with Gasteiger partial charge >= 0.3 is 11.9 Å². The zero-order valence-electron chi connectivity index (χ0n) is 21.7. The first-order chi connectivity index (χ1) is 19.6. The highest BCUT2D eigenvalue weighted by Crippen LogP contribution is 2.51. The molecule has 2 N–H and O–H groups in total. The number of carbonyl (C=O) groups is 4. The molecule has 0 aromatic heterocycles. The van der Waals surface area contributed by atoms with Crippen molar-refractivity contribution >= 4 is 51.1 Å². The Balaban J connectivity index is 1.69. The lowest BCUT2D eigenvalue weighted by atomic mass is 9.76. The molecule has 2 amide bonds. The minimum Gasteiger partial charge on any atom is -0.478 e. The number of amides is 2. The Hall–Kier alpha value is -4.42. The zero-order chi connectivity index (χ0) is 29.5. The van der Waals surface area contributed by atoms with Crippen molar-refractivity contribution in [2.75, 3.05) is 11.5 Å². The van der Waals surface area contributed by atoms with Crippen molar-refractivity contribution in [3.05, 3.63) is 104 Å². The number of imide groups is 1. The molecule has 2 fully saturated rings. The van der Waals surface area contributed by atoms with Crippen LogP contribution >= 0.6 is 15.9 Å². The van der Waals surface area contributed by atoms with Gasteiger partial charge in [-0.25, -0.2) is 9.69 Å². The standard InChI is InChI=1S/C29H24BrN3O8/c1-2-41-28(38)29(15-16-7-4-3-5-8-16)23-22(24(31-29)17-9-6-10-19(13-17)33(39)40)25(34)32(26(23)35)18-11-12-20(27(36)37)21(30)14-18/h3-14,22-24,31H,2,15H2,1H3,(H,36,37)/t22-,23-,24-,29-/m0/s1. The number of nitrogens with one attached hydrogen (secondary N) is 1. The molecule has 2 heterocycles.